The molecule has 0 fully saturated rings. The zero-order chi connectivity index (χ0) is 12.3. The van der Waals surface area contributed by atoms with Gasteiger partial charge < -0.3 is 0 Å². The van der Waals surface area contributed by atoms with Crippen molar-refractivity contribution in [3.63, 3.8) is 0 Å². The third kappa shape index (κ3) is 3.05. The van der Waals surface area contributed by atoms with Gasteiger partial charge in [-0.15, -0.1) is 0 Å². The van der Waals surface area contributed by atoms with Gasteiger partial charge in [-0.2, -0.15) is 17.7 Å². The molecule has 0 amide bonds. The van der Waals surface area contributed by atoms with Crippen molar-refractivity contribution in [1.29, 1.82) is 0 Å². The highest BCUT2D eigenvalue weighted by Gasteiger charge is 2.11. The molecule has 0 radical (unpaired) electrons. The predicted molar refractivity (Wildman–Crippen MR) is 75.0 cm³/mol. The highest BCUT2D eigenvalue weighted by Crippen LogP contribution is 2.20. The molecule has 2 nitrogen and oxygen atoms in total. The number of benzene rings is 1. The lowest BCUT2D eigenvalue weighted by molar-refractivity contribution is 0.546. The zero-order valence-corrected chi connectivity index (χ0v) is 11.3. The van der Waals surface area contributed by atoms with Gasteiger partial charge in [0.1, 0.15) is 0 Å². The monoisotopic (exact) mass is 266 g/mol. The van der Waals surface area contributed by atoms with Gasteiger partial charge in [0.25, 0.3) is 0 Å². The molecule has 1 atom stereocenters. The average Bonchev–Trinajstić information content (AvgIpc) is 2.67. The lowest BCUT2D eigenvalue weighted by Gasteiger charge is -2.14. The summed E-state index contributed by atoms with van der Waals surface area (Å²) in [6.45, 7) is 2.72. The van der Waals surface area contributed by atoms with Crippen molar-refractivity contribution in [1.82, 2.24) is 9.78 Å². The van der Waals surface area contributed by atoms with E-state index in [0.717, 1.165) is 23.0 Å². The van der Waals surface area contributed by atoms with Crippen LogP contribution in [0.25, 0.3) is 0 Å². The summed E-state index contributed by atoms with van der Waals surface area (Å²) in [4.78, 5) is 0. The van der Waals surface area contributed by atoms with Crippen LogP contribution < -0.4 is 0 Å². The van der Waals surface area contributed by atoms with Crippen LogP contribution in [0.4, 0.5) is 0 Å². The summed E-state index contributed by atoms with van der Waals surface area (Å²) in [5.41, 5.74) is 2.16. The van der Waals surface area contributed by atoms with Crippen molar-refractivity contribution < 1.29 is 0 Å². The molecule has 0 bridgehead atoms. The molecule has 2 aromatic rings. The molecule has 17 heavy (non-hydrogen) atoms. The highest BCUT2D eigenvalue weighted by atomic mass is 35.5. The largest absolute Gasteiger partial charge is 0.270 e. The molecule has 0 aliphatic carbocycles. The van der Waals surface area contributed by atoms with E-state index in [1.807, 2.05) is 36.0 Å². The Bertz CT molecular complexity index is 462. The first-order valence-corrected chi connectivity index (χ1v) is 6.57. The third-order valence-electron chi connectivity index (χ3n) is 2.79. The van der Waals surface area contributed by atoms with E-state index in [1.54, 1.807) is 0 Å². The number of hydrogen-bond donors (Lipinski definition) is 1. The van der Waals surface area contributed by atoms with E-state index in [4.69, 9.17) is 11.6 Å². The molecule has 0 aliphatic rings. The summed E-state index contributed by atoms with van der Waals surface area (Å²) < 4.78 is 1.89. The quantitative estimate of drug-likeness (QED) is 0.838. The maximum atomic E-state index is 6.00. The highest BCUT2D eigenvalue weighted by molar-refractivity contribution is 7.80. The third-order valence-corrected chi connectivity index (χ3v) is 3.60. The van der Waals surface area contributed by atoms with Gasteiger partial charge >= 0.3 is 0 Å². The Hall–Kier alpha value is -0.930. The molecule has 1 aromatic heterocycles. The minimum atomic E-state index is 0.356. The lowest BCUT2D eigenvalue weighted by Crippen LogP contribution is -2.11. The number of rotatable bonds is 4. The van der Waals surface area contributed by atoms with Gasteiger partial charge in [-0.1, -0.05) is 41.9 Å². The Balaban J connectivity index is 2.15. The van der Waals surface area contributed by atoms with E-state index >= 15 is 0 Å². The normalized spacial score (nSPS) is 12.6. The maximum absolute atomic E-state index is 6.00. The van der Waals surface area contributed by atoms with E-state index in [-0.39, 0.29) is 0 Å². The number of thiol groups is 1. The van der Waals surface area contributed by atoms with Gasteiger partial charge in [0.05, 0.1) is 10.7 Å². The molecule has 1 aromatic carbocycles. The van der Waals surface area contributed by atoms with Crippen molar-refractivity contribution in [2.24, 2.45) is 0 Å². The molecule has 0 N–H and O–H groups in total. The van der Waals surface area contributed by atoms with Crippen LogP contribution in [0.3, 0.4) is 0 Å². The van der Waals surface area contributed by atoms with Crippen molar-refractivity contribution >= 4 is 24.2 Å². The van der Waals surface area contributed by atoms with Crippen LogP contribution in [-0.2, 0) is 6.54 Å². The summed E-state index contributed by atoms with van der Waals surface area (Å²) in [6.07, 6.45) is 1.87. The van der Waals surface area contributed by atoms with Crippen molar-refractivity contribution in [3.8, 4) is 0 Å². The van der Waals surface area contributed by atoms with Crippen LogP contribution in [0.1, 0.15) is 17.2 Å². The predicted octanol–water partition coefficient (Wildman–Crippen LogP) is 3.56. The molecule has 1 unspecified atom stereocenters. The van der Waals surface area contributed by atoms with Crippen LogP contribution in [0.2, 0.25) is 5.02 Å². The van der Waals surface area contributed by atoms with E-state index in [9.17, 15) is 0 Å². The molecular weight excluding hydrogens is 252 g/mol. The lowest BCUT2D eigenvalue weighted by atomic mass is 10.0. The number of halogens is 1. The Morgan fingerprint density at radius 3 is 2.59 bits per heavy atom. The molecule has 0 saturated heterocycles. The van der Waals surface area contributed by atoms with Crippen LogP contribution in [0, 0.1) is 6.92 Å². The van der Waals surface area contributed by atoms with Gasteiger partial charge in [0.2, 0.25) is 0 Å². The Morgan fingerprint density at radius 1 is 1.35 bits per heavy atom. The molecule has 1 heterocycles. The number of aromatic nitrogens is 2. The standard InChI is InChI=1S/C13H15ClN2S/c1-10-13(14)8-16(15-10)7-12(9-17)11-5-3-2-4-6-11/h2-6,8,12,17H,7,9H2,1H3. The fourth-order valence-corrected chi connectivity index (χ4v) is 2.28. The first-order chi connectivity index (χ1) is 8.20. The summed E-state index contributed by atoms with van der Waals surface area (Å²) in [6, 6.07) is 10.4. The number of aryl methyl sites for hydroxylation is 1. The molecule has 0 aliphatic heterocycles. The fourth-order valence-electron chi connectivity index (χ4n) is 1.81. The van der Waals surface area contributed by atoms with Crippen LogP contribution >= 0.6 is 24.2 Å². The maximum Gasteiger partial charge on any atom is 0.0814 e. The van der Waals surface area contributed by atoms with Crippen LogP contribution in [0.5, 0.6) is 0 Å². The summed E-state index contributed by atoms with van der Waals surface area (Å²) in [5, 5.41) is 5.09. The second kappa shape index (κ2) is 5.61. The SMILES string of the molecule is Cc1nn(CC(CS)c2ccccc2)cc1Cl. The Labute approximate surface area is 112 Å². The minimum absolute atomic E-state index is 0.356. The van der Waals surface area contributed by atoms with Gasteiger partial charge in [0, 0.05) is 18.7 Å². The van der Waals surface area contributed by atoms with Gasteiger partial charge in [-0.05, 0) is 18.2 Å². The van der Waals surface area contributed by atoms with Gasteiger partial charge in [0.15, 0.2) is 0 Å². The molecule has 4 heteroatoms. The van der Waals surface area contributed by atoms with E-state index < -0.39 is 0 Å². The molecule has 0 saturated carbocycles. The van der Waals surface area contributed by atoms with Gasteiger partial charge in [-0.3, -0.25) is 4.68 Å². The average molecular weight is 267 g/mol. The minimum Gasteiger partial charge on any atom is -0.270 e. The van der Waals surface area contributed by atoms with E-state index in [1.165, 1.54) is 5.56 Å². The van der Waals surface area contributed by atoms with Crippen LogP contribution in [0.15, 0.2) is 36.5 Å². The van der Waals surface area contributed by atoms with E-state index in [0.29, 0.717) is 5.92 Å². The Kier molecular flexibility index (Phi) is 4.13. The first-order valence-electron chi connectivity index (χ1n) is 5.56. The smallest absolute Gasteiger partial charge is 0.0814 e. The van der Waals surface area contributed by atoms with E-state index in [2.05, 4.69) is 29.9 Å². The van der Waals surface area contributed by atoms with Crippen molar-refractivity contribution in [2.75, 3.05) is 5.75 Å². The summed E-state index contributed by atoms with van der Waals surface area (Å²) in [5.74, 6) is 1.15. The van der Waals surface area contributed by atoms with Crippen molar-refractivity contribution in [2.45, 2.75) is 19.4 Å². The zero-order valence-electron chi connectivity index (χ0n) is 9.68. The van der Waals surface area contributed by atoms with Crippen LogP contribution in [-0.4, -0.2) is 15.5 Å². The molecule has 2 rings (SSSR count). The number of hydrogen-bond acceptors (Lipinski definition) is 2. The summed E-state index contributed by atoms with van der Waals surface area (Å²) in [7, 11) is 0. The first kappa shape index (κ1) is 12.5. The van der Waals surface area contributed by atoms with Crippen molar-refractivity contribution in [3.05, 3.63) is 52.8 Å². The molecule has 90 valence electrons. The number of nitrogens with zero attached hydrogens (tertiary/aromatic N) is 2. The topological polar surface area (TPSA) is 17.8 Å². The Morgan fingerprint density at radius 2 is 2.06 bits per heavy atom. The van der Waals surface area contributed by atoms with Gasteiger partial charge in [-0.25, -0.2) is 0 Å². The molecule has 0 spiro atoms. The molecular formula is C13H15ClN2S. The fraction of sp³-hybridized carbons (Fsp3) is 0.308. The second-order valence-electron chi connectivity index (χ2n) is 4.07. The summed E-state index contributed by atoms with van der Waals surface area (Å²) >= 11 is 10.4. The second-order valence-corrected chi connectivity index (χ2v) is 4.85.